The molecule has 1 fully saturated rings. The van der Waals surface area contributed by atoms with Crippen LogP contribution >= 0.6 is 0 Å². The second kappa shape index (κ2) is 6.41. The van der Waals surface area contributed by atoms with Gasteiger partial charge in [-0.1, -0.05) is 35.0 Å². The summed E-state index contributed by atoms with van der Waals surface area (Å²) in [6.45, 7) is 6.72. The monoisotopic (exact) mass is 347 g/mol. The Labute approximate surface area is 152 Å². The quantitative estimate of drug-likeness (QED) is 0.713. The highest BCUT2D eigenvalue weighted by atomic mass is 16.5. The van der Waals surface area contributed by atoms with Gasteiger partial charge in [-0.05, 0) is 50.1 Å². The van der Waals surface area contributed by atoms with Crippen molar-refractivity contribution in [3.8, 4) is 11.4 Å². The van der Waals surface area contributed by atoms with E-state index in [0.29, 0.717) is 24.7 Å². The zero-order valence-corrected chi connectivity index (χ0v) is 15.2. The van der Waals surface area contributed by atoms with Crippen LogP contribution in [0.25, 0.3) is 11.4 Å². The summed E-state index contributed by atoms with van der Waals surface area (Å²) in [7, 11) is 0. The Morgan fingerprint density at radius 1 is 1.08 bits per heavy atom. The van der Waals surface area contributed by atoms with Crippen LogP contribution < -0.4 is 4.90 Å². The average molecular weight is 347 g/mol. The first-order chi connectivity index (χ1) is 12.5. The molecule has 1 atom stereocenters. The fraction of sp³-hybridized carbons (Fsp3) is 0.286. The van der Waals surface area contributed by atoms with E-state index in [1.54, 1.807) is 0 Å². The summed E-state index contributed by atoms with van der Waals surface area (Å²) in [5.74, 6) is 1.12. The van der Waals surface area contributed by atoms with Gasteiger partial charge in [-0.15, -0.1) is 0 Å². The average Bonchev–Trinajstić information content (AvgIpc) is 3.24. The Morgan fingerprint density at radius 3 is 2.69 bits per heavy atom. The Kier molecular flexibility index (Phi) is 4.07. The molecule has 1 aromatic heterocycles. The normalized spacial score (nSPS) is 17.1. The van der Waals surface area contributed by atoms with Gasteiger partial charge in [0, 0.05) is 24.2 Å². The molecule has 2 aromatic carbocycles. The van der Waals surface area contributed by atoms with Gasteiger partial charge in [0.25, 0.3) is 0 Å². The number of benzene rings is 2. The molecule has 0 bridgehead atoms. The summed E-state index contributed by atoms with van der Waals surface area (Å²) >= 11 is 0. The van der Waals surface area contributed by atoms with E-state index in [-0.39, 0.29) is 11.8 Å². The van der Waals surface area contributed by atoms with Gasteiger partial charge in [0.2, 0.25) is 17.6 Å². The first-order valence-electron chi connectivity index (χ1n) is 8.79. The molecule has 26 heavy (non-hydrogen) atoms. The summed E-state index contributed by atoms with van der Waals surface area (Å²) in [6.07, 6.45) is 0.391. The zero-order chi connectivity index (χ0) is 18.3. The van der Waals surface area contributed by atoms with Crippen LogP contribution in [-0.4, -0.2) is 22.6 Å². The Bertz CT molecular complexity index is 977. The zero-order valence-electron chi connectivity index (χ0n) is 15.2. The van der Waals surface area contributed by atoms with Crippen LogP contribution in [0.5, 0.6) is 0 Å². The molecule has 0 aliphatic carbocycles. The van der Waals surface area contributed by atoms with Crippen LogP contribution in [0.2, 0.25) is 0 Å². The van der Waals surface area contributed by atoms with E-state index in [2.05, 4.69) is 30.1 Å². The molecule has 5 heteroatoms. The first-order valence-corrected chi connectivity index (χ1v) is 8.79. The number of nitrogens with zero attached hydrogens (tertiary/aromatic N) is 3. The lowest BCUT2D eigenvalue weighted by Gasteiger charge is -2.17. The molecule has 3 aromatic rings. The standard InChI is InChI=1S/C21H21N3O2/c1-13-5-4-6-16(9-13)20-22-21(26-23-20)17-11-19(25)24(12-17)18-8-7-14(2)15(3)10-18/h4-10,17H,11-12H2,1-3H3/t17-/m1/s1. The lowest BCUT2D eigenvalue weighted by molar-refractivity contribution is -0.117. The van der Waals surface area contributed by atoms with E-state index >= 15 is 0 Å². The van der Waals surface area contributed by atoms with Gasteiger partial charge in [-0.25, -0.2) is 0 Å². The molecule has 1 aliphatic rings. The largest absolute Gasteiger partial charge is 0.339 e. The van der Waals surface area contributed by atoms with Gasteiger partial charge in [0.05, 0.1) is 5.92 Å². The molecular weight excluding hydrogens is 326 g/mol. The number of aromatic nitrogens is 2. The summed E-state index contributed by atoms with van der Waals surface area (Å²) in [6, 6.07) is 14.1. The third-order valence-electron chi connectivity index (χ3n) is 4.99. The Hall–Kier alpha value is -2.95. The van der Waals surface area contributed by atoms with Crippen molar-refractivity contribution >= 4 is 11.6 Å². The fourth-order valence-electron chi connectivity index (χ4n) is 3.32. The summed E-state index contributed by atoms with van der Waals surface area (Å²) in [5, 5.41) is 4.10. The van der Waals surface area contributed by atoms with Gasteiger partial charge in [-0.2, -0.15) is 4.98 Å². The van der Waals surface area contributed by atoms with Crippen LogP contribution in [0.4, 0.5) is 5.69 Å². The third-order valence-corrected chi connectivity index (χ3v) is 4.99. The van der Waals surface area contributed by atoms with Crippen molar-refractivity contribution in [3.05, 3.63) is 65.0 Å². The van der Waals surface area contributed by atoms with E-state index in [4.69, 9.17) is 4.52 Å². The van der Waals surface area contributed by atoms with Gasteiger partial charge in [0.15, 0.2) is 0 Å². The van der Waals surface area contributed by atoms with Crippen molar-refractivity contribution in [1.82, 2.24) is 10.1 Å². The Balaban J connectivity index is 1.56. The highest BCUT2D eigenvalue weighted by molar-refractivity contribution is 5.96. The van der Waals surface area contributed by atoms with Crippen LogP contribution in [0.15, 0.2) is 47.0 Å². The molecule has 0 N–H and O–H groups in total. The molecule has 0 saturated carbocycles. The number of amides is 1. The maximum Gasteiger partial charge on any atom is 0.232 e. The molecule has 132 valence electrons. The SMILES string of the molecule is Cc1cccc(-c2noc([C@@H]3CC(=O)N(c4ccc(C)c(C)c4)C3)n2)c1. The molecule has 1 amide bonds. The number of hydrogen-bond donors (Lipinski definition) is 0. The van der Waals surface area contributed by atoms with Crippen LogP contribution in [-0.2, 0) is 4.79 Å². The van der Waals surface area contributed by atoms with Gasteiger partial charge in [0.1, 0.15) is 0 Å². The smallest absolute Gasteiger partial charge is 0.232 e. The molecule has 2 heterocycles. The van der Waals surface area contributed by atoms with Crippen molar-refractivity contribution in [2.45, 2.75) is 33.1 Å². The minimum atomic E-state index is -0.0739. The van der Waals surface area contributed by atoms with Crippen molar-refractivity contribution in [1.29, 1.82) is 0 Å². The predicted octanol–water partition coefficient (Wildman–Crippen LogP) is 4.18. The van der Waals surface area contributed by atoms with Crippen LogP contribution in [0, 0.1) is 20.8 Å². The number of carbonyl (C=O) groups excluding carboxylic acids is 1. The molecular formula is C21H21N3O2. The summed E-state index contributed by atoms with van der Waals surface area (Å²) in [4.78, 5) is 18.9. The number of rotatable bonds is 3. The number of carbonyl (C=O) groups is 1. The van der Waals surface area contributed by atoms with Crippen molar-refractivity contribution < 1.29 is 9.32 Å². The van der Waals surface area contributed by atoms with Crippen molar-refractivity contribution in [3.63, 3.8) is 0 Å². The number of aryl methyl sites for hydroxylation is 3. The van der Waals surface area contributed by atoms with E-state index in [0.717, 1.165) is 16.8 Å². The highest BCUT2D eigenvalue weighted by Crippen LogP contribution is 2.32. The second-order valence-corrected chi connectivity index (χ2v) is 7.00. The maximum absolute atomic E-state index is 12.5. The third kappa shape index (κ3) is 3.01. The van der Waals surface area contributed by atoms with Crippen LogP contribution in [0.1, 0.15) is 34.9 Å². The Morgan fingerprint density at radius 2 is 1.92 bits per heavy atom. The lowest BCUT2D eigenvalue weighted by atomic mass is 10.1. The topological polar surface area (TPSA) is 59.2 Å². The van der Waals surface area contributed by atoms with Crippen molar-refractivity contribution in [2.24, 2.45) is 0 Å². The molecule has 0 spiro atoms. The fourth-order valence-corrected chi connectivity index (χ4v) is 3.32. The van der Waals surface area contributed by atoms with Gasteiger partial charge < -0.3 is 9.42 Å². The summed E-state index contributed by atoms with van der Waals surface area (Å²) in [5.41, 5.74) is 5.40. The van der Waals surface area contributed by atoms with E-state index in [1.165, 1.54) is 11.1 Å². The van der Waals surface area contributed by atoms with Crippen LogP contribution in [0.3, 0.4) is 0 Å². The number of anilines is 1. The first kappa shape index (κ1) is 16.5. The minimum absolute atomic E-state index is 0.0739. The number of hydrogen-bond acceptors (Lipinski definition) is 4. The van der Waals surface area contributed by atoms with E-state index in [9.17, 15) is 4.79 Å². The van der Waals surface area contributed by atoms with E-state index < -0.39 is 0 Å². The predicted molar refractivity (Wildman–Crippen MR) is 100 cm³/mol. The summed E-state index contributed by atoms with van der Waals surface area (Å²) < 4.78 is 5.48. The highest BCUT2D eigenvalue weighted by Gasteiger charge is 2.35. The van der Waals surface area contributed by atoms with Gasteiger partial charge in [-0.3, -0.25) is 4.79 Å². The minimum Gasteiger partial charge on any atom is -0.339 e. The molecule has 0 unspecified atom stereocenters. The molecule has 0 radical (unpaired) electrons. The lowest BCUT2D eigenvalue weighted by Crippen LogP contribution is -2.24. The maximum atomic E-state index is 12.5. The van der Waals surface area contributed by atoms with Gasteiger partial charge >= 0.3 is 0 Å². The molecule has 1 aliphatic heterocycles. The molecule has 4 rings (SSSR count). The molecule has 5 nitrogen and oxygen atoms in total. The second-order valence-electron chi connectivity index (χ2n) is 7.00. The molecule has 1 saturated heterocycles. The van der Waals surface area contributed by atoms with E-state index in [1.807, 2.05) is 48.2 Å². The van der Waals surface area contributed by atoms with Crippen molar-refractivity contribution in [2.75, 3.05) is 11.4 Å².